The molecule has 2 aromatic rings. The lowest BCUT2D eigenvalue weighted by Gasteiger charge is -2.09. The molecular formula is C11H8BrF3N2O2. The summed E-state index contributed by atoms with van der Waals surface area (Å²) >= 11 is 2.97. The van der Waals surface area contributed by atoms with Gasteiger partial charge in [0.25, 0.3) is 0 Å². The van der Waals surface area contributed by atoms with E-state index >= 15 is 0 Å². The zero-order chi connectivity index (χ0) is 14.2. The Morgan fingerprint density at radius 1 is 1.47 bits per heavy atom. The van der Waals surface area contributed by atoms with Crippen molar-refractivity contribution >= 4 is 27.5 Å². The minimum absolute atomic E-state index is 0.0183. The van der Waals surface area contributed by atoms with Crippen molar-refractivity contribution < 1.29 is 22.7 Å². The maximum absolute atomic E-state index is 12.9. The molecule has 0 aliphatic carbocycles. The van der Waals surface area contributed by atoms with Gasteiger partial charge in [0, 0.05) is 0 Å². The van der Waals surface area contributed by atoms with Gasteiger partial charge in [0.05, 0.1) is 6.61 Å². The van der Waals surface area contributed by atoms with Crippen LogP contribution in [0.15, 0.2) is 22.8 Å². The molecule has 0 saturated heterocycles. The van der Waals surface area contributed by atoms with Crippen LogP contribution in [0.5, 0.6) is 0 Å². The smallest absolute Gasteiger partial charge is 0.431 e. The van der Waals surface area contributed by atoms with Gasteiger partial charge in [-0.2, -0.15) is 13.2 Å². The first-order valence-corrected chi connectivity index (χ1v) is 6.07. The molecule has 2 rings (SSSR count). The van der Waals surface area contributed by atoms with E-state index in [1.165, 1.54) is 12.1 Å². The van der Waals surface area contributed by atoms with Gasteiger partial charge in [-0.15, -0.1) is 0 Å². The number of ether oxygens (including phenoxy) is 1. The van der Waals surface area contributed by atoms with Gasteiger partial charge in [0.15, 0.2) is 5.69 Å². The quantitative estimate of drug-likeness (QED) is 0.790. The fourth-order valence-electron chi connectivity index (χ4n) is 1.61. The lowest BCUT2D eigenvalue weighted by atomic mass is 10.3. The molecule has 0 aromatic carbocycles. The lowest BCUT2D eigenvalue weighted by Crippen LogP contribution is -2.11. The molecule has 2 heterocycles. The number of imidazole rings is 1. The third-order valence-corrected chi connectivity index (χ3v) is 3.08. The Morgan fingerprint density at radius 3 is 2.74 bits per heavy atom. The lowest BCUT2D eigenvalue weighted by molar-refractivity contribution is -0.142. The first-order valence-electron chi connectivity index (χ1n) is 5.27. The number of fused-ring (bicyclic) bond motifs is 1. The summed E-state index contributed by atoms with van der Waals surface area (Å²) in [5.74, 6) is -0.772. The monoisotopic (exact) mass is 336 g/mol. The van der Waals surface area contributed by atoms with Crippen LogP contribution in [0, 0.1) is 0 Å². The van der Waals surface area contributed by atoms with Crippen LogP contribution >= 0.6 is 15.9 Å². The SMILES string of the molecule is CCOC(=O)c1nc2cccc(C(F)(F)F)n2c1Br. The predicted molar refractivity (Wildman–Crippen MR) is 63.9 cm³/mol. The van der Waals surface area contributed by atoms with Gasteiger partial charge >= 0.3 is 12.1 Å². The fraction of sp³-hybridized carbons (Fsp3) is 0.273. The molecule has 0 saturated carbocycles. The van der Waals surface area contributed by atoms with Crippen LogP contribution in [0.1, 0.15) is 23.1 Å². The molecule has 0 aliphatic heterocycles. The number of hydrogen-bond acceptors (Lipinski definition) is 3. The molecule has 2 aromatic heterocycles. The highest BCUT2D eigenvalue weighted by molar-refractivity contribution is 9.10. The Labute approximate surface area is 114 Å². The van der Waals surface area contributed by atoms with E-state index in [-0.39, 0.29) is 22.6 Å². The molecule has 0 radical (unpaired) electrons. The average molecular weight is 337 g/mol. The standard InChI is InChI=1S/C11H8BrF3N2O2/c1-2-19-10(18)8-9(12)17-6(11(13,14)15)4-3-5-7(17)16-8/h3-5H,2H2,1H3. The van der Waals surface area contributed by atoms with E-state index in [0.29, 0.717) is 0 Å². The first-order chi connectivity index (χ1) is 8.86. The highest BCUT2D eigenvalue weighted by Crippen LogP contribution is 2.32. The van der Waals surface area contributed by atoms with Crippen molar-refractivity contribution in [2.24, 2.45) is 0 Å². The third kappa shape index (κ3) is 2.44. The first kappa shape index (κ1) is 13.9. The van der Waals surface area contributed by atoms with Gasteiger partial charge in [0.1, 0.15) is 15.9 Å². The van der Waals surface area contributed by atoms with Crippen LogP contribution in [0.2, 0.25) is 0 Å². The molecule has 0 atom stereocenters. The number of rotatable bonds is 2. The zero-order valence-electron chi connectivity index (χ0n) is 9.66. The number of hydrogen-bond donors (Lipinski definition) is 0. The second-order valence-corrected chi connectivity index (χ2v) is 4.33. The second-order valence-electron chi connectivity index (χ2n) is 3.57. The molecule has 0 spiro atoms. The molecule has 0 N–H and O–H groups in total. The molecule has 0 bridgehead atoms. The maximum Gasteiger partial charge on any atom is 0.431 e. The number of carbonyl (C=O) groups excluding carboxylic acids is 1. The molecular weight excluding hydrogens is 329 g/mol. The Hall–Kier alpha value is -1.57. The minimum atomic E-state index is -4.55. The topological polar surface area (TPSA) is 43.6 Å². The molecule has 19 heavy (non-hydrogen) atoms. The van der Waals surface area contributed by atoms with E-state index in [2.05, 4.69) is 20.9 Å². The average Bonchev–Trinajstić information content (AvgIpc) is 2.66. The van der Waals surface area contributed by atoms with E-state index in [4.69, 9.17) is 4.74 Å². The fourth-order valence-corrected chi connectivity index (χ4v) is 2.23. The summed E-state index contributed by atoms with van der Waals surface area (Å²) in [5.41, 5.74) is -1.08. The van der Waals surface area contributed by atoms with Crippen LogP contribution in [0.25, 0.3) is 5.65 Å². The predicted octanol–water partition coefficient (Wildman–Crippen LogP) is 3.29. The van der Waals surface area contributed by atoms with Crippen LogP contribution in [0.3, 0.4) is 0 Å². The molecule has 102 valence electrons. The second kappa shape index (κ2) is 4.84. The van der Waals surface area contributed by atoms with E-state index in [9.17, 15) is 18.0 Å². The number of pyridine rings is 1. The normalized spacial score (nSPS) is 11.8. The molecule has 4 nitrogen and oxygen atoms in total. The Bertz CT molecular complexity index is 637. The van der Waals surface area contributed by atoms with Crippen molar-refractivity contribution in [2.75, 3.05) is 6.61 Å². The molecule has 0 aliphatic rings. The van der Waals surface area contributed by atoms with Gasteiger partial charge < -0.3 is 4.74 Å². The summed E-state index contributed by atoms with van der Waals surface area (Å²) < 4.78 is 44.1. The van der Waals surface area contributed by atoms with Crippen LogP contribution in [0.4, 0.5) is 13.2 Å². The summed E-state index contributed by atoms with van der Waals surface area (Å²) in [4.78, 5) is 15.4. The number of nitrogens with zero attached hydrogens (tertiary/aromatic N) is 2. The Morgan fingerprint density at radius 2 is 2.16 bits per heavy atom. The summed E-state index contributed by atoms with van der Waals surface area (Å²) in [6.45, 7) is 1.72. The van der Waals surface area contributed by atoms with E-state index in [0.717, 1.165) is 10.5 Å². The zero-order valence-corrected chi connectivity index (χ0v) is 11.2. The molecule has 0 amide bonds. The summed E-state index contributed by atoms with van der Waals surface area (Å²) in [5, 5.41) is 0. The third-order valence-electron chi connectivity index (χ3n) is 2.35. The van der Waals surface area contributed by atoms with Gasteiger partial charge in [-0.1, -0.05) is 6.07 Å². The van der Waals surface area contributed by atoms with E-state index in [1.54, 1.807) is 6.92 Å². The minimum Gasteiger partial charge on any atom is -0.461 e. The van der Waals surface area contributed by atoms with Gasteiger partial charge in [-0.3, -0.25) is 4.40 Å². The van der Waals surface area contributed by atoms with Crippen molar-refractivity contribution in [3.8, 4) is 0 Å². The van der Waals surface area contributed by atoms with Gasteiger partial charge in [0.2, 0.25) is 0 Å². The Kier molecular flexibility index (Phi) is 3.53. The van der Waals surface area contributed by atoms with Gasteiger partial charge in [-0.05, 0) is 35.0 Å². The molecule has 8 heteroatoms. The number of esters is 1. The van der Waals surface area contributed by atoms with Crippen LogP contribution in [-0.4, -0.2) is 22.0 Å². The van der Waals surface area contributed by atoms with E-state index in [1.807, 2.05) is 0 Å². The van der Waals surface area contributed by atoms with Crippen molar-refractivity contribution in [1.29, 1.82) is 0 Å². The summed E-state index contributed by atoms with van der Waals surface area (Å²) in [6, 6.07) is 3.52. The number of halogens is 4. The number of alkyl halides is 3. The molecule has 0 fully saturated rings. The summed E-state index contributed by atoms with van der Waals surface area (Å²) in [6.07, 6.45) is -4.55. The van der Waals surface area contributed by atoms with Crippen molar-refractivity contribution in [2.45, 2.75) is 13.1 Å². The highest BCUT2D eigenvalue weighted by Gasteiger charge is 2.35. The summed E-state index contributed by atoms with van der Waals surface area (Å²) in [7, 11) is 0. The number of aromatic nitrogens is 2. The van der Waals surface area contributed by atoms with Crippen molar-refractivity contribution in [3.05, 3.63) is 34.2 Å². The van der Waals surface area contributed by atoms with Crippen molar-refractivity contribution in [3.63, 3.8) is 0 Å². The highest BCUT2D eigenvalue weighted by atomic mass is 79.9. The maximum atomic E-state index is 12.9. The van der Waals surface area contributed by atoms with Crippen molar-refractivity contribution in [1.82, 2.24) is 9.38 Å². The van der Waals surface area contributed by atoms with Gasteiger partial charge in [-0.25, -0.2) is 9.78 Å². The Balaban J connectivity index is 2.68. The van der Waals surface area contributed by atoms with E-state index < -0.39 is 17.8 Å². The molecule has 0 unspecified atom stereocenters. The van der Waals surface area contributed by atoms with Crippen LogP contribution in [-0.2, 0) is 10.9 Å². The van der Waals surface area contributed by atoms with Crippen LogP contribution < -0.4 is 0 Å². The number of carbonyl (C=O) groups is 1. The largest absolute Gasteiger partial charge is 0.461 e.